The van der Waals surface area contributed by atoms with Gasteiger partial charge in [-0.3, -0.25) is 4.72 Å². The highest BCUT2D eigenvalue weighted by Crippen LogP contribution is 2.32. The van der Waals surface area contributed by atoms with Crippen LogP contribution in [0.2, 0.25) is 15.1 Å². The average Bonchev–Trinajstić information content (AvgIpc) is 2.49. The van der Waals surface area contributed by atoms with Gasteiger partial charge in [0.1, 0.15) is 4.90 Å². The zero-order chi connectivity index (χ0) is 17.2. The summed E-state index contributed by atoms with van der Waals surface area (Å²) in [5.41, 5.74) is 0.378. The first kappa shape index (κ1) is 17.9. The minimum Gasteiger partial charge on any atom is -0.465 e. The normalized spacial score (nSPS) is 11.1. The third kappa shape index (κ3) is 4.09. The van der Waals surface area contributed by atoms with Gasteiger partial charge < -0.3 is 4.74 Å². The molecule has 0 heterocycles. The highest BCUT2D eigenvalue weighted by molar-refractivity contribution is 7.92. The second-order valence-electron chi connectivity index (χ2n) is 4.37. The number of carbonyl (C=O) groups excluding carboxylic acids is 1. The Morgan fingerprint density at radius 1 is 1.04 bits per heavy atom. The predicted octanol–water partition coefficient (Wildman–Crippen LogP) is 4.23. The summed E-state index contributed by atoms with van der Waals surface area (Å²) in [5, 5.41) is 0.124. The van der Waals surface area contributed by atoms with Crippen molar-refractivity contribution in [3.05, 3.63) is 57.0 Å². The van der Waals surface area contributed by atoms with Gasteiger partial charge in [0.15, 0.2) is 0 Å². The monoisotopic (exact) mass is 393 g/mol. The number of ether oxygens (including phenoxy) is 1. The summed E-state index contributed by atoms with van der Waals surface area (Å²) in [7, 11) is -2.78. The van der Waals surface area contributed by atoms with Crippen LogP contribution in [0.1, 0.15) is 10.4 Å². The van der Waals surface area contributed by atoms with Crippen LogP contribution < -0.4 is 4.72 Å². The van der Waals surface area contributed by atoms with Gasteiger partial charge in [0.2, 0.25) is 0 Å². The molecule has 0 radical (unpaired) electrons. The van der Waals surface area contributed by atoms with Crippen LogP contribution in [-0.4, -0.2) is 21.5 Å². The molecule has 0 saturated heterocycles. The summed E-state index contributed by atoms with van der Waals surface area (Å²) in [6.07, 6.45) is 0. The van der Waals surface area contributed by atoms with E-state index in [1.54, 1.807) is 0 Å². The van der Waals surface area contributed by atoms with Gasteiger partial charge >= 0.3 is 5.97 Å². The first-order valence-corrected chi connectivity index (χ1v) is 8.72. The summed E-state index contributed by atoms with van der Waals surface area (Å²) in [6.45, 7) is 0. The third-order valence-electron chi connectivity index (χ3n) is 2.80. The van der Waals surface area contributed by atoms with Gasteiger partial charge in [-0.05, 0) is 30.3 Å². The fourth-order valence-electron chi connectivity index (χ4n) is 1.75. The van der Waals surface area contributed by atoms with E-state index in [0.29, 0.717) is 0 Å². The number of sulfonamides is 1. The Hall–Kier alpha value is -1.47. The smallest absolute Gasteiger partial charge is 0.337 e. The summed E-state index contributed by atoms with van der Waals surface area (Å²) in [5.74, 6) is -0.585. The van der Waals surface area contributed by atoms with Crippen LogP contribution in [0.5, 0.6) is 0 Å². The van der Waals surface area contributed by atoms with Crippen molar-refractivity contribution in [3.63, 3.8) is 0 Å². The lowest BCUT2D eigenvalue weighted by molar-refractivity contribution is 0.0601. The van der Waals surface area contributed by atoms with Crippen LogP contribution in [0.4, 0.5) is 5.69 Å². The zero-order valence-corrected chi connectivity index (χ0v) is 14.7. The van der Waals surface area contributed by atoms with Crippen molar-refractivity contribution in [2.45, 2.75) is 4.90 Å². The van der Waals surface area contributed by atoms with E-state index < -0.39 is 16.0 Å². The van der Waals surface area contributed by atoms with Gasteiger partial charge in [-0.2, -0.15) is 0 Å². The highest BCUT2D eigenvalue weighted by atomic mass is 35.5. The van der Waals surface area contributed by atoms with Crippen LogP contribution in [0.15, 0.2) is 41.3 Å². The van der Waals surface area contributed by atoms with E-state index >= 15 is 0 Å². The number of halogens is 3. The maximum atomic E-state index is 12.4. The molecule has 0 saturated carbocycles. The molecular formula is C14H10Cl3NO4S. The van der Waals surface area contributed by atoms with E-state index in [1.165, 1.54) is 37.4 Å². The lowest BCUT2D eigenvalue weighted by atomic mass is 10.2. The first-order chi connectivity index (χ1) is 10.7. The summed E-state index contributed by atoms with van der Waals surface area (Å²) in [4.78, 5) is 11.3. The molecule has 2 rings (SSSR count). The molecule has 0 spiro atoms. The molecule has 0 aromatic heterocycles. The Morgan fingerprint density at radius 3 is 2.35 bits per heavy atom. The van der Waals surface area contributed by atoms with E-state index in [-0.39, 0.29) is 31.2 Å². The van der Waals surface area contributed by atoms with E-state index in [9.17, 15) is 13.2 Å². The summed E-state index contributed by atoms with van der Waals surface area (Å²) in [6, 6.07) is 8.23. The molecule has 2 aromatic carbocycles. The van der Waals surface area contributed by atoms with Crippen molar-refractivity contribution >= 4 is 56.5 Å². The Bertz CT molecular complexity index is 868. The van der Waals surface area contributed by atoms with E-state index in [2.05, 4.69) is 9.46 Å². The topological polar surface area (TPSA) is 72.5 Å². The van der Waals surface area contributed by atoms with Crippen molar-refractivity contribution < 1.29 is 17.9 Å². The van der Waals surface area contributed by atoms with Gasteiger partial charge in [0.05, 0.1) is 27.7 Å². The fraction of sp³-hybridized carbons (Fsp3) is 0.0714. The molecule has 0 atom stereocenters. The minimum atomic E-state index is -4.01. The fourth-order valence-corrected chi connectivity index (χ4v) is 3.80. The lowest BCUT2D eigenvalue weighted by Gasteiger charge is -2.11. The predicted molar refractivity (Wildman–Crippen MR) is 90.1 cm³/mol. The van der Waals surface area contributed by atoms with Crippen LogP contribution in [0.25, 0.3) is 0 Å². The standard InChI is InChI=1S/C14H10Cl3NO4S/c1-22-14(19)8-3-2-4-9(5-8)18-23(20,21)13-7-11(16)10(15)6-12(13)17/h2-7,18H,1H3. The van der Waals surface area contributed by atoms with E-state index in [0.717, 1.165) is 6.07 Å². The first-order valence-electron chi connectivity index (χ1n) is 6.10. The van der Waals surface area contributed by atoms with Crippen molar-refractivity contribution in [3.8, 4) is 0 Å². The van der Waals surface area contributed by atoms with Crippen molar-refractivity contribution in [1.29, 1.82) is 0 Å². The Kier molecular flexibility index (Phi) is 5.41. The second kappa shape index (κ2) is 6.97. The number of carbonyl (C=O) groups is 1. The maximum Gasteiger partial charge on any atom is 0.337 e. The minimum absolute atomic E-state index is 0.0553. The molecular weight excluding hydrogens is 385 g/mol. The number of hydrogen-bond donors (Lipinski definition) is 1. The molecule has 2 aromatic rings. The van der Waals surface area contributed by atoms with Crippen LogP contribution >= 0.6 is 34.8 Å². The molecule has 0 aliphatic heterocycles. The number of anilines is 1. The molecule has 5 nitrogen and oxygen atoms in total. The highest BCUT2D eigenvalue weighted by Gasteiger charge is 2.20. The molecule has 122 valence electrons. The third-order valence-corrected chi connectivity index (χ3v) is 5.37. The van der Waals surface area contributed by atoms with E-state index in [1.807, 2.05) is 0 Å². The van der Waals surface area contributed by atoms with Gasteiger partial charge in [0.25, 0.3) is 10.0 Å². The quantitative estimate of drug-likeness (QED) is 0.622. The van der Waals surface area contributed by atoms with Crippen LogP contribution in [-0.2, 0) is 14.8 Å². The summed E-state index contributed by atoms with van der Waals surface area (Å²) >= 11 is 17.5. The Morgan fingerprint density at radius 2 is 1.70 bits per heavy atom. The Balaban J connectivity index is 2.39. The SMILES string of the molecule is COC(=O)c1cccc(NS(=O)(=O)c2cc(Cl)c(Cl)cc2Cl)c1. The van der Waals surface area contributed by atoms with Crippen LogP contribution in [0, 0.1) is 0 Å². The van der Waals surface area contributed by atoms with Crippen LogP contribution in [0.3, 0.4) is 0 Å². The molecule has 0 fully saturated rings. The summed E-state index contributed by atoms with van der Waals surface area (Å²) < 4.78 is 31.8. The molecule has 0 unspecified atom stereocenters. The number of benzene rings is 2. The van der Waals surface area contributed by atoms with E-state index in [4.69, 9.17) is 34.8 Å². The molecule has 23 heavy (non-hydrogen) atoms. The van der Waals surface area contributed by atoms with Crippen molar-refractivity contribution in [1.82, 2.24) is 0 Å². The maximum absolute atomic E-state index is 12.4. The molecule has 0 amide bonds. The van der Waals surface area contributed by atoms with Gasteiger partial charge in [-0.1, -0.05) is 40.9 Å². The number of nitrogens with one attached hydrogen (secondary N) is 1. The largest absolute Gasteiger partial charge is 0.465 e. The number of esters is 1. The molecule has 0 bridgehead atoms. The zero-order valence-electron chi connectivity index (χ0n) is 11.6. The molecule has 1 N–H and O–H groups in total. The molecule has 0 aliphatic rings. The average molecular weight is 395 g/mol. The second-order valence-corrected chi connectivity index (χ2v) is 7.25. The number of hydrogen-bond acceptors (Lipinski definition) is 4. The molecule has 9 heteroatoms. The molecule has 0 aliphatic carbocycles. The van der Waals surface area contributed by atoms with Gasteiger partial charge in [-0.15, -0.1) is 0 Å². The number of rotatable bonds is 4. The van der Waals surface area contributed by atoms with Gasteiger partial charge in [0, 0.05) is 5.69 Å². The van der Waals surface area contributed by atoms with Crippen molar-refractivity contribution in [2.24, 2.45) is 0 Å². The Labute approximate surface area is 148 Å². The van der Waals surface area contributed by atoms with Gasteiger partial charge in [-0.25, -0.2) is 13.2 Å². The number of methoxy groups -OCH3 is 1. The lowest BCUT2D eigenvalue weighted by Crippen LogP contribution is -2.14. The van der Waals surface area contributed by atoms with Crippen molar-refractivity contribution in [2.75, 3.05) is 11.8 Å².